The minimum Gasteiger partial charge on any atom is -0.357 e. The van der Waals surface area contributed by atoms with Crippen LogP contribution >= 0.6 is 0 Å². The number of sulfone groups is 1. The van der Waals surface area contributed by atoms with E-state index in [0.717, 1.165) is 11.3 Å². The lowest BCUT2D eigenvalue weighted by molar-refractivity contribution is 0.0298. The number of nitrogens with one attached hydrogen (secondary N) is 1. The third kappa shape index (κ3) is 3.26. The highest BCUT2D eigenvalue weighted by Gasteiger charge is 2.48. The Labute approximate surface area is 152 Å². The van der Waals surface area contributed by atoms with Crippen LogP contribution < -0.4 is 0 Å². The first kappa shape index (κ1) is 17.2. The molecule has 0 unspecified atom stereocenters. The Bertz CT molecular complexity index is 910. The third-order valence-electron chi connectivity index (χ3n) is 5.20. The van der Waals surface area contributed by atoms with Gasteiger partial charge in [-0.25, -0.2) is 8.42 Å². The number of carbonyl (C=O) groups excluding carboxylic acids is 1. The lowest BCUT2D eigenvalue weighted by Gasteiger charge is -2.43. The molecule has 2 aliphatic heterocycles. The second-order valence-electron chi connectivity index (χ2n) is 7.09. The van der Waals surface area contributed by atoms with Gasteiger partial charge in [-0.05, 0) is 30.7 Å². The van der Waals surface area contributed by atoms with Gasteiger partial charge in [0, 0.05) is 38.1 Å². The second kappa shape index (κ2) is 6.51. The van der Waals surface area contributed by atoms with Gasteiger partial charge in [-0.3, -0.25) is 14.7 Å². The zero-order valence-corrected chi connectivity index (χ0v) is 15.4. The number of pyridine rings is 1. The van der Waals surface area contributed by atoms with Crippen LogP contribution in [-0.4, -0.2) is 70.8 Å². The number of hydrogen-bond acceptors (Lipinski definition) is 5. The summed E-state index contributed by atoms with van der Waals surface area (Å²) in [4.78, 5) is 24.1. The predicted molar refractivity (Wildman–Crippen MR) is 97.4 cm³/mol. The van der Waals surface area contributed by atoms with E-state index in [-0.39, 0.29) is 29.5 Å². The molecule has 0 aromatic carbocycles. The summed E-state index contributed by atoms with van der Waals surface area (Å²) in [7, 11) is -3.16. The highest BCUT2D eigenvalue weighted by molar-refractivity contribution is 7.91. The van der Waals surface area contributed by atoms with E-state index in [1.165, 1.54) is 0 Å². The van der Waals surface area contributed by atoms with Crippen LogP contribution in [0.2, 0.25) is 0 Å². The van der Waals surface area contributed by atoms with Crippen LogP contribution in [0.15, 0.2) is 36.7 Å². The number of fused-ring (bicyclic) bond motifs is 1. The van der Waals surface area contributed by atoms with Gasteiger partial charge in [0.25, 0.3) is 5.91 Å². The molecule has 1 N–H and O–H groups in total. The zero-order valence-electron chi connectivity index (χ0n) is 14.6. The van der Waals surface area contributed by atoms with Crippen molar-refractivity contribution in [3.05, 3.63) is 53.6 Å². The Morgan fingerprint density at radius 1 is 1.27 bits per heavy atom. The number of aromatic amines is 1. The summed E-state index contributed by atoms with van der Waals surface area (Å²) in [6.07, 6.45) is 3.53. The Morgan fingerprint density at radius 2 is 2.08 bits per heavy atom. The monoisotopic (exact) mass is 374 g/mol. The molecular weight excluding hydrogens is 352 g/mol. The molecule has 0 radical (unpaired) electrons. The molecule has 0 bridgehead atoms. The van der Waals surface area contributed by atoms with Crippen molar-refractivity contribution in [2.24, 2.45) is 0 Å². The van der Waals surface area contributed by atoms with Crippen LogP contribution in [0.5, 0.6) is 0 Å². The molecule has 8 heteroatoms. The number of rotatable bonds is 3. The van der Waals surface area contributed by atoms with Gasteiger partial charge in [0.2, 0.25) is 0 Å². The van der Waals surface area contributed by atoms with Gasteiger partial charge in [-0.15, -0.1) is 0 Å². The van der Waals surface area contributed by atoms with Crippen LogP contribution in [0.25, 0.3) is 0 Å². The van der Waals surface area contributed by atoms with Crippen LogP contribution in [0.1, 0.15) is 21.7 Å². The lowest BCUT2D eigenvalue weighted by atomic mass is 10.0. The molecule has 4 heterocycles. The smallest absolute Gasteiger partial charge is 0.270 e. The predicted octanol–water partition coefficient (Wildman–Crippen LogP) is 0.842. The molecule has 2 aromatic rings. The minimum absolute atomic E-state index is 0.0296. The fourth-order valence-electron chi connectivity index (χ4n) is 3.95. The molecule has 7 nitrogen and oxygen atoms in total. The highest BCUT2D eigenvalue weighted by atomic mass is 32.2. The maximum atomic E-state index is 12.9. The Morgan fingerprint density at radius 3 is 2.77 bits per heavy atom. The second-order valence-corrected chi connectivity index (χ2v) is 9.25. The topological polar surface area (TPSA) is 86.4 Å². The first-order valence-electron chi connectivity index (χ1n) is 8.73. The third-order valence-corrected chi connectivity index (χ3v) is 6.90. The van der Waals surface area contributed by atoms with Gasteiger partial charge in [-0.2, -0.15) is 0 Å². The van der Waals surface area contributed by atoms with E-state index in [0.29, 0.717) is 25.3 Å². The van der Waals surface area contributed by atoms with E-state index in [9.17, 15) is 13.2 Å². The van der Waals surface area contributed by atoms with E-state index in [2.05, 4.69) is 14.9 Å². The summed E-state index contributed by atoms with van der Waals surface area (Å²) >= 11 is 0. The summed E-state index contributed by atoms with van der Waals surface area (Å²) in [6, 6.07) is 7.04. The van der Waals surface area contributed by atoms with Crippen molar-refractivity contribution in [2.75, 3.05) is 24.6 Å². The van der Waals surface area contributed by atoms with Crippen molar-refractivity contribution in [1.29, 1.82) is 0 Å². The van der Waals surface area contributed by atoms with Crippen LogP contribution in [-0.2, 0) is 16.4 Å². The van der Waals surface area contributed by atoms with Crippen molar-refractivity contribution in [2.45, 2.75) is 25.6 Å². The van der Waals surface area contributed by atoms with Gasteiger partial charge >= 0.3 is 0 Å². The van der Waals surface area contributed by atoms with Crippen LogP contribution in [0.3, 0.4) is 0 Å². The number of carbonyl (C=O) groups is 1. The maximum absolute atomic E-state index is 12.9. The summed E-state index contributed by atoms with van der Waals surface area (Å²) < 4.78 is 24.6. The van der Waals surface area contributed by atoms with Crippen LogP contribution in [0, 0.1) is 6.92 Å². The number of aryl methyl sites for hydroxylation is 1. The minimum atomic E-state index is -3.16. The fraction of sp³-hybridized carbons (Fsp3) is 0.444. The van der Waals surface area contributed by atoms with Crippen molar-refractivity contribution < 1.29 is 13.2 Å². The Hall–Kier alpha value is -2.19. The first-order chi connectivity index (χ1) is 12.4. The highest BCUT2D eigenvalue weighted by Crippen LogP contribution is 2.29. The molecule has 2 atom stereocenters. The molecule has 2 aliphatic rings. The van der Waals surface area contributed by atoms with E-state index in [1.807, 2.05) is 25.1 Å². The van der Waals surface area contributed by atoms with E-state index < -0.39 is 9.84 Å². The quantitative estimate of drug-likeness (QED) is 0.860. The largest absolute Gasteiger partial charge is 0.357 e. The summed E-state index contributed by atoms with van der Waals surface area (Å²) in [5.74, 6) is 0.00234. The molecule has 0 spiro atoms. The molecule has 26 heavy (non-hydrogen) atoms. The molecule has 138 valence electrons. The number of aromatic nitrogens is 2. The average molecular weight is 374 g/mol. The standard InChI is InChI=1S/C18H22N4O3S/c1-13-8-15(20-9-13)18(23)22-7-6-21(10-14-4-2-3-5-19-14)16-11-26(24,25)12-17(16)22/h2-5,8-9,16-17,20H,6-7,10-12H2,1H3/t16-,17+/m1/s1. The van der Waals surface area contributed by atoms with E-state index in [1.54, 1.807) is 23.4 Å². The zero-order chi connectivity index (χ0) is 18.3. The molecule has 2 saturated heterocycles. The molecule has 0 aliphatic carbocycles. The van der Waals surface area contributed by atoms with E-state index in [4.69, 9.17) is 0 Å². The molecular formula is C18H22N4O3S. The number of H-pyrrole nitrogens is 1. The lowest BCUT2D eigenvalue weighted by Crippen LogP contribution is -2.60. The maximum Gasteiger partial charge on any atom is 0.270 e. The van der Waals surface area contributed by atoms with Gasteiger partial charge in [0.1, 0.15) is 5.69 Å². The number of nitrogens with zero attached hydrogens (tertiary/aromatic N) is 3. The van der Waals surface area contributed by atoms with Gasteiger partial charge in [0.05, 0.1) is 23.2 Å². The Kier molecular flexibility index (Phi) is 4.32. The fourth-order valence-corrected chi connectivity index (χ4v) is 5.97. The molecule has 2 aromatic heterocycles. The van der Waals surface area contributed by atoms with Gasteiger partial charge in [0.15, 0.2) is 9.84 Å². The summed E-state index contributed by atoms with van der Waals surface area (Å²) in [5.41, 5.74) is 2.41. The number of amides is 1. The molecule has 4 rings (SSSR count). The number of hydrogen-bond donors (Lipinski definition) is 1. The average Bonchev–Trinajstić information content (AvgIpc) is 3.18. The number of piperazine rings is 1. The normalized spacial score (nSPS) is 25.2. The molecule has 1 amide bonds. The van der Waals surface area contributed by atoms with Crippen LogP contribution in [0.4, 0.5) is 0 Å². The SMILES string of the molecule is Cc1c[nH]c(C(=O)N2CCN(Cc3ccccn3)[C@@H]3CS(=O)(=O)C[C@@H]32)c1. The van der Waals surface area contributed by atoms with Crippen molar-refractivity contribution >= 4 is 15.7 Å². The van der Waals surface area contributed by atoms with Gasteiger partial charge < -0.3 is 9.88 Å². The van der Waals surface area contributed by atoms with Crippen molar-refractivity contribution in [3.8, 4) is 0 Å². The van der Waals surface area contributed by atoms with E-state index >= 15 is 0 Å². The first-order valence-corrected chi connectivity index (χ1v) is 10.6. The van der Waals surface area contributed by atoms with Gasteiger partial charge in [-0.1, -0.05) is 6.07 Å². The summed E-state index contributed by atoms with van der Waals surface area (Å²) in [6.45, 7) is 3.67. The molecule has 0 saturated carbocycles. The molecule has 2 fully saturated rings. The van der Waals surface area contributed by atoms with Crippen molar-refractivity contribution in [3.63, 3.8) is 0 Å². The summed E-state index contributed by atoms with van der Waals surface area (Å²) in [5, 5.41) is 0. The Balaban J connectivity index is 1.58. The van der Waals surface area contributed by atoms with Crippen molar-refractivity contribution in [1.82, 2.24) is 19.8 Å².